The van der Waals surface area contributed by atoms with E-state index in [2.05, 4.69) is 5.10 Å². The van der Waals surface area contributed by atoms with Crippen LogP contribution >= 0.6 is 11.6 Å². The summed E-state index contributed by atoms with van der Waals surface area (Å²) in [4.78, 5) is 34.0. The van der Waals surface area contributed by atoms with Crippen LogP contribution in [-0.2, 0) is 4.79 Å². The summed E-state index contributed by atoms with van der Waals surface area (Å²) in [6, 6.07) is 11.6. The SMILES string of the molecule is O=C(O)COc1ccc([N+](=O)[O-])cc1C(=O)c1ccn(-c2ccccc2Cl)n1. The minimum absolute atomic E-state index is 0.0133. The Morgan fingerprint density at radius 1 is 1.21 bits per heavy atom. The van der Waals surface area contributed by atoms with Crippen molar-refractivity contribution in [3.05, 3.63) is 81.1 Å². The molecule has 0 aliphatic carbocycles. The Hall–Kier alpha value is -3.72. The molecule has 142 valence electrons. The molecule has 9 nitrogen and oxygen atoms in total. The van der Waals surface area contributed by atoms with E-state index in [1.165, 1.54) is 23.0 Å². The second-order valence-corrected chi connectivity index (χ2v) is 5.95. The summed E-state index contributed by atoms with van der Waals surface area (Å²) in [5.41, 5.74) is 0.0293. The van der Waals surface area contributed by atoms with E-state index in [9.17, 15) is 19.7 Å². The number of para-hydroxylation sites is 1. The van der Waals surface area contributed by atoms with Gasteiger partial charge in [-0.15, -0.1) is 0 Å². The third-order valence-corrected chi connectivity index (χ3v) is 4.01. The molecule has 0 amide bonds. The standard InChI is InChI=1S/C18H12ClN3O6/c19-13-3-1-2-4-15(13)21-8-7-14(20-21)18(25)12-9-11(22(26)27)5-6-16(12)28-10-17(23)24/h1-9H,10H2,(H,23,24). The van der Waals surface area contributed by atoms with Gasteiger partial charge in [0, 0.05) is 18.3 Å². The zero-order valence-corrected chi connectivity index (χ0v) is 14.9. The summed E-state index contributed by atoms with van der Waals surface area (Å²) < 4.78 is 6.48. The van der Waals surface area contributed by atoms with E-state index in [1.807, 2.05) is 0 Å². The summed E-state index contributed by atoms with van der Waals surface area (Å²) in [7, 11) is 0. The Morgan fingerprint density at radius 3 is 2.64 bits per heavy atom. The molecule has 0 atom stereocenters. The molecule has 3 rings (SSSR count). The average molecular weight is 402 g/mol. The Kier molecular flexibility index (Phi) is 5.37. The van der Waals surface area contributed by atoms with E-state index < -0.39 is 23.3 Å². The second kappa shape index (κ2) is 7.89. The van der Waals surface area contributed by atoms with Gasteiger partial charge in [-0.1, -0.05) is 23.7 Å². The number of ether oxygens (including phenoxy) is 1. The molecule has 1 aromatic heterocycles. The first-order valence-electron chi connectivity index (χ1n) is 7.85. The molecular weight excluding hydrogens is 390 g/mol. The molecule has 28 heavy (non-hydrogen) atoms. The highest BCUT2D eigenvalue weighted by Crippen LogP contribution is 2.27. The fourth-order valence-electron chi connectivity index (χ4n) is 2.43. The molecule has 10 heteroatoms. The van der Waals surface area contributed by atoms with Gasteiger partial charge in [0.05, 0.1) is 21.2 Å². The van der Waals surface area contributed by atoms with Gasteiger partial charge >= 0.3 is 5.97 Å². The third-order valence-electron chi connectivity index (χ3n) is 3.69. The molecule has 0 aliphatic rings. The molecule has 0 aliphatic heterocycles. The number of halogens is 1. The largest absolute Gasteiger partial charge is 0.481 e. The summed E-state index contributed by atoms with van der Waals surface area (Å²) >= 11 is 6.12. The minimum Gasteiger partial charge on any atom is -0.481 e. The van der Waals surface area contributed by atoms with Gasteiger partial charge in [0.1, 0.15) is 11.4 Å². The number of hydrogen-bond donors (Lipinski definition) is 1. The molecule has 3 aromatic rings. The zero-order valence-electron chi connectivity index (χ0n) is 14.1. The number of benzene rings is 2. The molecule has 0 saturated carbocycles. The van der Waals surface area contributed by atoms with Gasteiger partial charge in [-0.05, 0) is 24.3 Å². The molecule has 1 heterocycles. The smallest absolute Gasteiger partial charge is 0.341 e. The lowest BCUT2D eigenvalue weighted by atomic mass is 10.1. The van der Waals surface area contributed by atoms with E-state index >= 15 is 0 Å². The lowest BCUT2D eigenvalue weighted by molar-refractivity contribution is -0.384. The summed E-state index contributed by atoms with van der Waals surface area (Å²) in [5.74, 6) is -2.00. The molecule has 0 unspecified atom stereocenters. The van der Waals surface area contributed by atoms with Crippen LogP contribution in [0.1, 0.15) is 16.1 Å². The Morgan fingerprint density at radius 2 is 1.96 bits per heavy atom. The second-order valence-electron chi connectivity index (χ2n) is 5.55. The first kappa shape index (κ1) is 19.1. The number of aliphatic carboxylic acids is 1. The fourth-order valence-corrected chi connectivity index (χ4v) is 2.65. The molecule has 0 bridgehead atoms. The van der Waals surface area contributed by atoms with Crippen molar-refractivity contribution in [2.45, 2.75) is 0 Å². The van der Waals surface area contributed by atoms with Gasteiger partial charge < -0.3 is 9.84 Å². The number of hydrogen-bond acceptors (Lipinski definition) is 6. The van der Waals surface area contributed by atoms with Crippen LogP contribution in [-0.4, -0.2) is 38.2 Å². The number of carboxylic acids is 1. The van der Waals surface area contributed by atoms with Gasteiger partial charge in [0.2, 0.25) is 5.78 Å². The molecule has 1 N–H and O–H groups in total. The summed E-state index contributed by atoms with van der Waals surface area (Å²) in [6.45, 7) is -0.702. The number of carboxylic acid groups (broad SMARTS) is 1. The van der Waals surface area contributed by atoms with Gasteiger partial charge in [0.25, 0.3) is 5.69 Å². The normalized spacial score (nSPS) is 10.5. The quantitative estimate of drug-likeness (QED) is 0.366. The van der Waals surface area contributed by atoms with E-state index in [0.717, 1.165) is 12.1 Å². The number of rotatable bonds is 7. The van der Waals surface area contributed by atoms with Crippen LogP contribution in [0.2, 0.25) is 5.02 Å². The van der Waals surface area contributed by atoms with Crippen molar-refractivity contribution in [1.29, 1.82) is 0 Å². The van der Waals surface area contributed by atoms with Crippen LogP contribution in [0.3, 0.4) is 0 Å². The van der Waals surface area contributed by atoms with Gasteiger partial charge in [-0.3, -0.25) is 14.9 Å². The van der Waals surface area contributed by atoms with Gasteiger partial charge in [-0.2, -0.15) is 5.10 Å². The number of carbonyl (C=O) groups excluding carboxylic acids is 1. The minimum atomic E-state index is -1.25. The molecule has 0 radical (unpaired) electrons. The maximum atomic E-state index is 12.9. The predicted octanol–water partition coefficient (Wildman–Crippen LogP) is 3.13. The molecule has 0 fully saturated rings. The summed E-state index contributed by atoms with van der Waals surface area (Å²) in [5, 5.41) is 24.4. The highest BCUT2D eigenvalue weighted by molar-refractivity contribution is 6.32. The lowest BCUT2D eigenvalue weighted by Gasteiger charge is -2.08. The number of nitro benzene ring substituents is 1. The molecule has 0 saturated heterocycles. The zero-order chi connectivity index (χ0) is 20.3. The van der Waals surface area contributed by atoms with Crippen LogP contribution in [0.4, 0.5) is 5.69 Å². The highest BCUT2D eigenvalue weighted by atomic mass is 35.5. The van der Waals surface area contributed by atoms with Crippen molar-refractivity contribution in [3.8, 4) is 11.4 Å². The van der Waals surface area contributed by atoms with Crippen LogP contribution < -0.4 is 4.74 Å². The van der Waals surface area contributed by atoms with E-state index in [1.54, 1.807) is 24.3 Å². The number of aromatic nitrogens is 2. The van der Waals surface area contributed by atoms with Crippen LogP contribution in [0.25, 0.3) is 5.69 Å². The van der Waals surface area contributed by atoms with E-state index in [0.29, 0.717) is 10.7 Å². The topological polar surface area (TPSA) is 125 Å². The maximum absolute atomic E-state index is 12.9. The van der Waals surface area contributed by atoms with Crippen molar-refractivity contribution >= 4 is 29.0 Å². The van der Waals surface area contributed by atoms with Gasteiger partial charge in [-0.25, -0.2) is 9.48 Å². The predicted molar refractivity (Wildman–Crippen MR) is 98.2 cm³/mol. The number of nitro groups is 1. The Balaban J connectivity index is 1.99. The highest BCUT2D eigenvalue weighted by Gasteiger charge is 2.22. The first-order valence-corrected chi connectivity index (χ1v) is 8.23. The van der Waals surface area contributed by atoms with Crippen molar-refractivity contribution in [2.24, 2.45) is 0 Å². The first-order chi connectivity index (χ1) is 13.4. The van der Waals surface area contributed by atoms with Crippen LogP contribution in [0, 0.1) is 10.1 Å². The molecular formula is C18H12ClN3O6. The summed E-state index contributed by atoms with van der Waals surface area (Å²) in [6.07, 6.45) is 1.52. The Bertz CT molecular complexity index is 1080. The van der Waals surface area contributed by atoms with E-state index in [-0.39, 0.29) is 22.7 Å². The number of non-ortho nitro benzene ring substituents is 1. The van der Waals surface area contributed by atoms with Crippen molar-refractivity contribution in [3.63, 3.8) is 0 Å². The van der Waals surface area contributed by atoms with Crippen LogP contribution in [0.15, 0.2) is 54.7 Å². The van der Waals surface area contributed by atoms with Crippen molar-refractivity contribution in [2.75, 3.05) is 6.61 Å². The fraction of sp³-hybridized carbons (Fsp3) is 0.0556. The van der Waals surface area contributed by atoms with Crippen molar-refractivity contribution in [1.82, 2.24) is 9.78 Å². The molecule has 2 aromatic carbocycles. The third kappa shape index (κ3) is 3.99. The van der Waals surface area contributed by atoms with E-state index in [4.69, 9.17) is 21.4 Å². The lowest BCUT2D eigenvalue weighted by Crippen LogP contribution is -2.13. The monoisotopic (exact) mass is 401 g/mol. The number of nitrogens with zero attached hydrogens (tertiary/aromatic N) is 3. The van der Waals surface area contributed by atoms with Crippen LogP contribution in [0.5, 0.6) is 5.75 Å². The van der Waals surface area contributed by atoms with Crippen molar-refractivity contribution < 1.29 is 24.4 Å². The molecule has 0 spiro atoms. The Labute approximate surface area is 162 Å². The number of ketones is 1. The average Bonchev–Trinajstić information content (AvgIpc) is 3.15. The van der Waals surface area contributed by atoms with Gasteiger partial charge in [0.15, 0.2) is 6.61 Å². The number of carbonyl (C=O) groups is 2. The maximum Gasteiger partial charge on any atom is 0.341 e.